The first-order valence-corrected chi connectivity index (χ1v) is 5.88. The molecule has 18 heavy (non-hydrogen) atoms. The second kappa shape index (κ2) is 5.95. The molecule has 0 unspecified atom stereocenters. The summed E-state index contributed by atoms with van der Waals surface area (Å²) in [7, 11) is 0. The van der Waals surface area contributed by atoms with E-state index in [0.717, 1.165) is 12.8 Å². The van der Waals surface area contributed by atoms with Crippen LogP contribution >= 0.6 is 0 Å². The molecule has 0 saturated heterocycles. The van der Waals surface area contributed by atoms with Gasteiger partial charge in [-0.1, -0.05) is 35.5 Å². The Kier molecular flexibility index (Phi) is 4.06. The molecule has 2 aromatic rings. The van der Waals surface area contributed by atoms with E-state index in [-0.39, 0.29) is 12.3 Å². The van der Waals surface area contributed by atoms with Crippen molar-refractivity contribution in [3.05, 3.63) is 47.6 Å². The maximum absolute atomic E-state index is 10.6. The molecule has 1 aromatic heterocycles. The molecule has 94 valence electrons. The van der Waals surface area contributed by atoms with Gasteiger partial charge in [0.25, 0.3) is 0 Å². The zero-order valence-electron chi connectivity index (χ0n) is 10.0. The van der Waals surface area contributed by atoms with Crippen LogP contribution in [0, 0.1) is 0 Å². The van der Waals surface area contributed by atoms with Gasteiger partial charge in [-0.25, -0.2) is 0 Å². The molecule has 0 spiro atoms. The molecular formula is C13H15N3O2. The number of nitrogens with zero attached hydrogens (tertiary/aromatic N) is 2. The van der Waals surface area contributed by atoms with Crippen molar-refractivity contribution in [3.8, 4) is 0 Å². The summed E-state index contributed by atoms with van der Waals surface area (Å²) in [5, 5.41) is 3.87. The number of hydrogen-bond donors (Lipinski definition) is 1. The van der Waals surface area contributed by atoms with Gasteiger partial charge in [-0.15, -0.1) is 0 Å². The minimum atomic E-state index is -0.362. The lowest BCUT2D eigenvalue weighted by molar-refractivity contribution is -0.118. The molecule has 1 aromatic carbocycles. The third-order valence-electron chi connectivity index (χ3n) is 2.58. The largest absolute Gasteiger partial charge is 0.370 e. The van der Waals surface area contributed by atoms with Gasteiger partial charge in [-0.05, 0) is 12.0 Å². The van der Waals surface area contributed by atoms with Gasteiger partial charge < -0.3 is 10.3 Å². The lowest BCUT2D eigenvalue weighted by Gasteiger charge is -1.96. The topological polar surface area (TPSA) is 82.0 Å². The van der Waals surface area contributed by atoms with Crippen LogP contribution in [0.2, 0.25) is 0 Å². The van der Waals surface area contributed by atoms with Crippen LogP contribution in [-0.4, -0.2) is 16.0 Å². The SMILES string of the molecule is NC(=O)CCc1nc(CCc2ccccc2)no1. The van der Waals surface area contributed by atoms with Gasteiger partial charge in [0.1, 0.15) is 0 Å². The second-order valence-electron chi connectivity index (χ2n) is 4.06. The van der Waals surface area contributed by atoms with Gasteiger partial charge in [0.15, 0.2) is 5.82 Å². The van der Waals surface area contributed by atoms with E-state index >= 15 is 0 Å². The maximum atomic E-state index is 10.6. The van der Waals surface area contributed by atoms with Crippen molar-refractivity contribution >= 4 is 5.91 Å². The van der Waals surface area contributed by atoms with Crippen molar-refractivity contribution in [1.82, 2.24) is 10.1 Å². The summed E-state index contributed by atoms with van der Waals surface area (Å²) in [5.41, 5.74) is 6.29. The number of amides is 1. The number of benzene rings is 1. The highest BCUT2D eigenvalue weighted by molar-refractivity contribution is 5.73. The Morgan fingerprint density at radius 3 is 2.67 bits per heavy atom. The van der Waals surface area contributed by atoms with Crippen molar-refractivity contribution in [3.63, 3.8) is 0 Å². The molecule has 1 amide bonds. The van der Waals surface area contributed by atoms with Gasteiger partial charge in [0.2, 0.25) is 11.8 Å². The molecule has 0 aliphatic carbocycles. The number of nitrogens with two attached hydrogens (primary N) is 1. The fourth-order valence-electron chi connectivity index (χ4n) is 1.62. The summed E-state index contributed by atoms with van der Waals surface area (Å²) in [6.45, 7) is 0. The molecule has 0 aliphatic rings. The number of carbonyl (C=O) groups excluding carboxylic acids is 1. The van der Waals surface area contributed by atoms with Crippen LogP contribution in [0.4, 0.5) is 0 Å². The van der Waals surface area contributed by atoms with Crippen LogP contribution in [0.1, 0.15) is 23.7 Å². The van der Waals surface area contributed by atoms with E-state index in [9.17, 15) is 4.79 Å². The van der Waals surface area contributed by atoms with Crippen LogP contribution in [0.15, 0.2) is 34.9 Å². The lowest BCUT2D eigenvalue weighted by atomic mass is 10.1. The van der Waals surface area contributed by atoms with Crippen LogP contribution in [-0.2, 0) is 24.1 Å². The zero-order chi connectivity index (χ0) is 12.8. The number of rotatable bonds is 6. The zero-order valence-corrected chi connectivity index (χ0v) is 10.0. The van der Waals surface area contributed by atoms with Crippen molar-refractivity contribution in [1.29, 1.82) is 0 Å². The fraction of sp³-hybridized carbons (Fsp3) is 0.308. The Balaban J connectivity index is 1.85. The average Bonchev–Trinajstić information content (AvgIpc) is 2.83. The third-order valence-corrected chi connectivity index (χ3v) is 2.58. The molecule has 0 radical (unpaired) electrons. The second-order valence-corrected chi connectivity index (χ2v) is 4.06. The van der Waals surface area contributed by atoms with Gasteiger partial charge >= 0.3 is 0 Å². The normalized spacial score (nSPS) is 10.4. The highest BCUT2D eigenvalue weighted by atomic mass is 16.5. The quantitative estimate of drug-likeness (QED) is 0.830. The minimum absolute atomic E-state index is 0.236. The summed E-state index contributed by atoms with van der Waals surface area (Å²) in [5.74, 6) is 0.772. The third kappa shape index (κ3) is 3.69. The summed E-state index contributed by atoms with van der Waals surface area (Å²) in [4.78, 5) is 14.8. The van der Waals surface area contributed by atoms with E-state index in [1.54, 1.807) is 0 Å². The molecular weight excluding hydrogens is 230 g/mol. The Morgan fingerprint density at radius 2 is 1.94 bits per heavy atom. The Morgan fingerprint density at radius 1 is 1.17 bits per heavy atom. The lowest BCUT2D eigenvalue weighted by Crippen LogP contribution is -2.11. The summed E-state index contributed by atoms with van der Waals surface area (Å²) in [6, 6.07) is 10.1. The minimum Gasteiger partial charge on any atom is -0.370 e. The van der Waals surface area contributed by atoms with Crippen LogP contribution in [0.5, 0.6) is 0 Å². The molecule has 0 atom stereocenters. The van der Waals surface area contributed by atoms with E-state index in [4.69, 9.17) is 10.3 Å². The molecule has 5 heteroatoms. The predicted molar refractivity (Wildman–Crippen MR) is 65.7 cm³/mol. The first-order chi connectivity index (χ1) is 8.74. The van der Waals surface area contributed by atoms with E-state index in [0.29, 0.717) is 18.1 Å². The van der Waals surface area contributed by atoms with Crippen molar-refractivity contribution < 1.29 is 9.32 Å². The van der Waals surface area contributed by atoms with Gasteiger partial charge in [0.05, 0.1) is 0 Å². The summed E-state index contributed by atoms with van der Waals surface area (Å²) in [6.07, 6.45) is 2.24. The predicted octanol–water partition coefficient (Wildman–Crippen LogP) is 1.27. The Labute approximate surface area is 105 Å². The number of carbonyl (C=O) groups is 1. The molecule has 0 aliphatic heterocycles. The van der Waals surface area contributed by atoms with Crippen molar-refractivity contribution in [2.45, 2.75) is 25.7 Å². The molecule has 1 heterocycles. The van der Waals surface area contributed by atoms with Crippen molar-refractivity contribution in [2.24, 2.45) is 5.73 Å². The number of primary amides is 1. The average molecular weight is 245 g/mol. The molecule has 0 bridgehead atoms. The monoisotopic (exact) mass is 245 g/mol. The highest BCUT2D eigenvalue weighted by Crippen LogP contribution is 2.06. The molecule has 2 rings (SSSR count). The summed E-state index contributed by atoms with van der Waals surface area (Å²) < 4.78 is 5.03. The maximum Gasteiger partial charge on any atom is 0.227 e. The number of aryl methyl sites for hydroxylation is 3. The van der Waals surface area contributed by atoms with Crippen molar-refractivity contribution in [2.75, 3.05) is 0 Å². The fourth-order valence-corrected chi connectivity index (χ4v) is 1.62. The van der Waals surface area contributed by atoms with Gasteiger partial charge in [-0.2, -0.15) is 4.98 Å². The van der Waals surface area contributed by atoms with E-state index in [1.165, 1.54) is 5.56 Å². The van der Waals surface area contributed by atoms with E-state index in [2.05, 4.69) is 22.3 Å². The van der Waals surface area contributed by atoms with Gasteiger partial charge in [-0.3, -0.25) is 4.79 Å². The highest BCUT2D eigenvalue weighted by Gasteiger charge is 2.07. The number of hydrogen-bond acceptors (Lipinski definition) is 4. The first kappa shape index (κ1) is 12.3. The Bertz CT molecular complexity index is 508. The van der Waals surface area contributed by atoms with E-state index < -0.39 is 0 Å². The van der Waals surface area contributed by atoms with Gasteiger partial charge in [0, 0.05) is 19.3 Å². The Hall–Kier alpha value is -2.17. The first-order valence-electron chi connectivity index (χ1n) is 5.88. The molecule has 5 nitrogen and oxygen atoms in total. The molecule has 2 N–H and O–H groups in total. The summed E-state index contributed by atoms with van der Waals surface area (Å²) >= 11 is 0. The van der Waals surface area contributed by atoms with E-state index in [1.807, 2.05) is 18.2 Å². The van der Waals surface area contributed by atoms with Crippen LogP contribution in [0.25, 0.3) is 0 Å². The van der Waals surface area contributed by atoms with Crippen LogP contribution < -0.4 is 5.73 Å². The smallest absolute Gasteiger partial charge is 0.227 e. The van der Waals surface area contributed by atoms with Crippen LogP contribution in [0.3, 0.4) is 0 Å². The molecule has 0 saturated carbocycles. The number of aromatic nitrogens is 2. The standard InChI is InChI=1S/C13H15N3O2/c14-11(17)7-9-13-15-12(16-18-13)8-6-10-4-2-1-3-5-10/h1-5H,6-9H2,(H2,14,17). The molecule has 0 fully saturated rings.